The van der Waals surface area contributed by atoms with Crippen molar-refractivity contribution >= 4 is 17.5 Å². The number of hydrogen-bond donors (Lipinski definition) is 1. The highest BCUT2D eigenvalue weighted by Gasteiger charge is 2.50. The summed E-state index contributed by atoms with van der Waals surface area (Å²) >= 11 is 0. The zero-order chi connectivity index (χ0) is 12.0. The molecule has 3 rings (SSSR count). The topological polar surface area (TPSA) is 49.4 Å². The number of aryl methyl sites for hydroxylation is 1. The second-order valence-electron chi connectivity index (χ2n) is 4.72. The molecule has 2 amide bonds. The molecule has 0 spiro atoms. The molecule has 2 aliphatic heterocycles. The van der Waals surface area contributed by atoms with Gasteiger partial charge in [0.05, 0.1) is 17.5 Å². The number of hydrogen-bond acceptors (Lipinski definition) is 3. The predicted octanol–water partition coefficient (Wildman–Crippen LogP) is 0.704. The van der Waals surface area contributed by atoms with Crippen LogP contribution in [0.3, 0.4) is 0 Å². The number of amides is 2. The first kappa shape index (κ1) is 10.5. The van der Waals surface area contributed by atoms with E-state index in [-0.39, 0.29) is 23.7 Å². The Balaban J connectivity index is 1.96. The van der Waals surface area contributed by atoms with Gasteiger partial charge in [0.15, 0.2) is 0 Å². The number of benzene rings is 1. The van der Waals surface area contributed by atoms with Gasteiger partial charge in [-0.2, -0.15) is 0 Å². The maximum Gasteiger partial charge on any atom is 0.239 e. The van der Waals surface area contributed by atoms with Gasteiger partial charge in [-0.3, -0.25) is 9.59 Å². The number of fused-ring (bicyclic) bond motifs is 1. The van der Waals surface area contributed by atoms with Gasteiger partial charge < -0.3 is 5.32 Å². The molecule has 0 radical (unpaired) electrons. The minimum Gasteiger partial charge on any atom is -0.315 e. The summed E-state index contributed by atoms with van der Waals surface area (Å²) in [5.41, 5.74) is 1.81. The van der Waals surface area contributed by atoms with E-state index >= 15 is 0 Å². The zero-order valence-electron chi connectivity index (χ0n) is 9.64. The molecule has 2 saturated heterocycles. The quantitative estimate of drug-likeness (QED) is 0.723. The van der Waals surface area contributed by atoms with Crippen LogP contribution in [0, 0.1) is 18.8 Å². The third kappa shape index (κ3) is 1.48. The van der Waals surface area contributed by atoms with Crippen molar-refractivity contribution in [2.75, 3.05) is 18.0 Å². The number of carbonyl (C=O) groups is 2. The van der Waals surface area contributed by atoms with Gasteiger partial charge in [0.2, 0.25) is 11.8 Å². The highest BCUT2D eigenvalue weighted by Crippen LogP contribution is 2.32. The summed E-state index contributed by atoms with van der Waals surface area (Å²) < 4.78 is 0. The van der Waals surface area contributed by atoms with Gasteiger partial charge in [0.25, 0.3) is 0 Å². The standard InChI is InChI=1S/C13H14N2O2/c1-8-2-4-9(5-3-8)15-12(16)10-6-14-7-11(10)13(15)17/h2-5,10-11,14H,6-7H2,1H3. The number of carbonyl (C=O) groups excluding carboxylic acids is 2. The Bertz CT molecular complexity index is 459. The minimum absolute atomic E-state index is 0.0612. The lowest BCUT2D eigenvalue weighted by Crippen LogP contribution is -2.34. The van der Waals surface area contributed by atoms with Crippen molar-refractivity contribution in [1.29, 1.82) is 0 Å². The molecule has 0 bridgehead atoms. The summed E-state index contributed by atoms with van der Waals surface area (Å²) in [7, 11) is 0. The molecule has 0 aromatic heterocycles. The fourth-order valence-corrected chi connectivity index (χ4v) is 2.59. The van der Waals surface area contributed by atoms with E-state index in [0.29, 0.717) is 18.8 Å². The third-order valence-corrected chi connectivity index (χ3v) is 3.58. The Hall–Kier alpha value is -1.68. The van der Waals surface area contributed by atoms with E-state index in [4.69, 9.17) is 0 Å². The second kappa shape index (κ2) is 3.67. The summed E-state index contributed by atoms with van der Waals surface area (Å²) in [4.78, 5) is 25.6. The average Bonchev–Trinajstić information content (AvgIpc) is 2.87. The van der Waals surface area contributed by atoms with Crippen molar-refractivity contribution in [3.05, 3.63) is 29.8 Å². The van der Waals surface area contributed by atoms with Crippen molar-refractivity contribution in [2.45, 2.75) is 6.92 Å². The van der Waals surface area contributed by atoms with E-state index in [2.05, 4.69) is 5.32 Å². The van der Waals surface area contributed by atoms with Crippen molar-refractivity contribution in [3.63, 3.8) is 0 Å². The van der Waals surface area contributed by atoms with Gasteiger partial charge in [-0.05, 0) is 19.1 Å². The van der Waals surface area contributed by atoms with E-state index < -0.39 is 0 Å². The van der Waals surface area contributed by atoms with E-state index in [1.54, 1.807) is 0 Å². The SMILES string of the molecule is Cc1ccc(N2C(=O)C3CNCC3C2=O)cc1. The van der Waals surface area contributed by atoms with Crippen molar-refractivity contribution in [2.24, 2.45) is 11.8 Å². The van der Waals surface area contributed by atoms with Crippen molar-refractivity contribution in [3.8, 4) is 0 Å². The van der Waals surface area contributed by atoms with Crippen LogP contribution in [-0.2, 0) is 9.59 Å². The molecule has 1 aromatic carbocycles. The van der Waals surface area contributed by atoms with Gasteiger partial charge >= 0.3 is 0 Å². The molecule has 2 atom stereocenters. The Labute approximate surface area is 99.6 Å². The highest BCUT2D eigenvalue weighted by molar-refractivity contribution is 6.22. The van der Waals surface area contributed by atoms with E-state index in [1.807, 2.05) is 31.2 Å². The van der Waals surface area contributed by atoms with Crippen LogP contribution in [0.25, 0.3) is 0 Å². The molecule has 4 heteroatoms. The normalized spacial score (nSPS) is 27.7. The van der Waals surface area contributed by atoms with Crippen LogP contribution in [0.15, 0.2) is 24.3 Å². The monoisotopic (exact) mass is 230 g/mol. The summed E-state index contributed by atoms with van der Waals surface area (Å²) in [6.45, 7) is 3.23. The molecular weight excluding hydrogens is 216 g/mol. The lowest BCUT2D eigenvalue weighted by molar-refractivity contribution is -0.122. The highest BCUT2D eigenvalue weighted by atomic mass is 16.2. The van der Waals surface area contributed by atoms with Crippen LogP contribution < -0.4 is 10.2 Å². The molecule has 1 N–H and O–H groups in total. The summed E-state index contributed by atoms with van der Waals surface area (Å²) in [6.07, 6.45) is 0. The molecule has 0 aliphatic carbocycles. The van der Waals surface area contributed by atoms with Gasteiger partial charge in [-0.15, -0.1) is 0 Å². The van der Waals surface area contributed by atoms with Gasteiger partial charge in [0.1, 0.15) is 0 Å². The second-order valence-corrected chi connectivity index (χ2v) is 4.72. The summed E-state index contributed by atoms with van der Waals surface area (Å²) in [5.74, 6) is -0.449. The number of imide groups is 1. The predicted molar refractivity (Wildman–Crippen MR) is 63.5 cm³/mol. The lowest BCUT2D eigenvalue weighted by atomic mass is 10.00. The van der Waals surface area contributed by atoms with Crippen LogP contribution >= 0.6 is 0 Å². The molecule has 17 heavy (non-hydrogen) atoms. The van der Waals surface area contributed by atoms with Gasteiger partial charge in [-0.25, -0.2) is 4.90 Å². The molecule has 0 saturated carbocycles. The molecule has 4 nitrogen and oxygen atoms in total. The molecule has 2 unspecified atom stereocenters. The number of rotatable bonds is 1. The van der Waals surface area contributed by atoms with Crippen LogP contribution in [0.5, 0.6) is 0 Å². The van der Waals surface area contributed by atoms with Crippen molar-refractivity contribution < 1.29 is 9.59 Å². The first-order valence-corrected chi connectivity index (χ1v) is 5.83. The van der Waals surface area contributed by atoms with Gasteiger partial charge in [-0.1, -0.05) is 17.7 Å². The maximum atomic E-state index is 12.1. The van der Waals surface area contributed by atoms with E-state index in [1.165, 1.54) is 4.90 Å². The van der Waals surface area contributed by atoms with Gasteiger partial charge in [0, 0.05) is 13.1 Å². The zero-order valence-corrected chi connectivity index (χ0v) is 9.64. The lowest BCUT2D eigenvalue weighted by Gasteiger charge is -2.16. The van der Waals surface area contributed by atoms with E-state index in [0.717, 1.165) is 5.56 Å². The Morgan fingerprint density at radius 3 is 2.12 bits per heavy atom. The van der Waals surface area contributed by atoms with Crippen LogP contribution in [-0.4, -0.2) is 24.9 Å². The fraction of sp³-hybridized carbons (Fsp3) is 0.385. The average molecular weight is 230 g/mol. The molecule has 1 aromatic rings. The maximum absolute atomic E-state index is 12.1. The number of nitrogens with one attached hydrogen (secondary N) is 1. The minimum atomic E-state index is -0.163. The van der Waals surface area contributed by atoms with Crippen molar-refractivity contribution in [1.82, 2.24) is 5.32 Å². The third-order valence-electron chi connectivity index (χ3n) is 3.58. The first-order valence-electron chi connectivity index (χ1n) is 5.83. The van der Waals surface area contributed by atoms with E-state index in [9.17, 15) is 9.59 Å². The molecule has 2 aliphatic rings. The largest absolute Gasteiger partial charge is 0.315 e. The molecule has 88 valence electrons. The molecular formula is C13H14N2O2. The first-order chi connectivity index (χ1) is 8.18. The van der Waals surface area contributed by atoms with Crippen LogP contribution in [0.2, 0.25) is 0 Å². The summed E-state index contributed by atoms with van der Waals surface area (Å²) in [6, 6.07) is 7.50. The van der Waals surface area contributed by atoms with Crippen LogP contribution in [0.4, 0.5) is 5.69 Å². The Morgan fingerprint density at radius 2 is 1.59 bits per heavy atom. The Morgan fingerprint density at radius 1 is 1.06 bits per heavy atom. The number of nitrogens with zero attached hydrogens (tertiary/aromatic N) is 1. The summed E-state index contributed by atoms with van der Waals surface area (Å²) in [5, 5.41) is 3.10. The fourth-order valence-electron chi connectivity index (χ4n) is 2.59. The van der Waals surface area contributed by atoms with Crippen LogP contribution in [0.1, 0.15) is 5.56 Å². The Kier molecular flexibility index (Phi) is 2.26. The molecule has 2 fully saturated rings. The smallest absolute Gasteiger partial charge is 0.239 e. The molecule has 2 heterocycles. The number of anilines is 1.